The number of rotatable bonds is 3. The third-order valence-electron chi connectivity index (χ3n) is 4.37. The van der Waals surface area contributed by atoms with Crippen molar-refractivity contribution in [3.63, 3.8) is 0 Å². The minimum absolute atomic E-state index is 0.257. The number of halogens is 1. The van der Waals surface area contributed by atoms with Gasteiger partial charge in [-0.2, -0.15) is 0 Å². The second-order valence-electron chi connectivity index (χ2n) is 5.87. The van der Waals surface area contributed by atoms with Crippen LogP contribution in [0.15, 0.2) is 24.3 Å². The molecule has 3 rings (SSSR count). The molecular formula is C16H23ClN4O. The first-order valence-corrected chi connectivity index (χ1v) is 8.31. The van der Waals surface area contributed by atoms with Gasteiger partial charge in [-0.1, -0.05) is 17.7 Å². The summed E-state index contributed by atoms with van der Waals surface area (Å²) in [5, 5.41) is 4.07. The molecule has 2 saturated heterocycles. The Labute approximate surface area is 136 Å². The van der Waals surface area contributed by atoms with Gasteiger partial charge in [-0.05, 0) is 18.2 Å². The number of piperazine rings is 2. The summed E-state index contributed by atoms with van der Waals surface area (Å²) >= 11 is 6.05. The standard InChI is InChI=1S/C16H23ClN4O/c17-14-2-1-3-15(12-14)20-8-10-21(11-9-20)16(22)13-19-6-4-18-5-7-19/h1-3,12,18H,4-11,13H2. The molecule has 5 nitrogen and oxygen atoms in total. The maximum atomic E-state index is 12.4. The highest BCUT2D eigenvalue weighted by atomic mass is 35.5. The largest absolute Gasteiger partial charge is 0.368 e. The predicted octanol–water partition coefficient (Wildman–Crippen LogP) is 0.894. The zero-order chi connectivity index (χ0) is 15.4. The second-order valence-corrected chi connectivity index (χ2v) is 6.31. The van der Waals surface area contributed by atoms with Crippen LogP contribution in [0.2, 0.25) is 5.02 Å². The van der Waals surface area contributed by atoms with Crippen molar-refractivity contribution in [2.45, 2.75) is 0 Å². The summed E-state index contributed by atoms with van der Waals surface area (Å²) in [5.41, 5.74) is 1.14. The molecule has 0 bridgehead atoms. The highest BCUT2D eigenvalue weighted by Crippen LogP contribution is 2.20. The molecule has 2 aliphatic heterocycles. The topological polar surface area (TPSA) is 38.8 Å². The first-order valence-electron chi connectivity index (χ1n) is 7.94. The average Bonchev–Trinajstić information content (AvgIpc) is 2.56. The minimum Gasteiger partial charge on any atom is -0.368 e. The number of carbonyl (C=O) groups excluding carboxylic acids is 1. The van der Waals surface area contributed by atoms with Gasteiger partial charge in [0.1, 0.15) is 0 Å². The molecule has 2 aliphatic rings. The fourth-order valence-electron chi connectivity index (χ4n) is 3.05. The van der Waals surface area contributed by atoms with Gasteiger partial charge in [0, 0.05) is 63.1 Å². The summed E-state index contributed by atoms with van der Waals surface area (Å²) in [5.74, 6) is 0.257. The quantitative estimate of drug-likeness (QED) is 0.897. The lowest BCUT2D eigenvalue weighted by molar-refractivity contribution is -0.132. The molecule has 6 heteroatoms. The lowest BCUT2D eigenvalue weighted by atomic mass is 10.2. The summed E-state index contributed by atoms with van der Waals surface area (Å²) in [4.78, 5) is 18.9. The van der Waals surface area contributed by atoms with Crippen LogP contribution >= 0.6 is 11.6 Å². The molecule has 0 radical (unpaired) electrons. The van der Waals surface area contributed by atoms with Crippen molar-refractivity contribution in [1.82, 2.24) is 15.1 Å². The van der Waals surface area contributed by atoms with E-state index in [-0.39, 0.29) is 5.91 Å². The molecule has 1 aromatic carbocycles. The van der Waals surface area contributed by atoms with E-state index in [2.05, 4.69) is 21.2 Å². The highest BCUT2D eigenvalue weighted by Gasteiger charge is 2.23. The normalized spacial score (nSPS) is 20.2. The van der Waals surface area contributed by atoms with Crippen molar-refractivity contribution in [3.8, 4) is 0 Å². The van der Waals surface area contributed by atoms with Gasteiger partial charge in [0.25, 0.3) is 0 Å². The maximum Gasteiger partial charge on any atom is 0.236 e. The molecule has 0 aromatic heterocycles. The minimum atomic E-state index is 0.257. The second kappa shape index (κ2) is 7.31. The molecule has 1 N–H and O–H groups in total. The molecule has 1 aromatic rings. The van der Waals surface area contributed by atoms with E-state index in [4.69, 9.17) is 11.6 Å². The summed E-state index contributed by atoms with van der Waals surface area (Å²) in [7, 11) is 0. The van der Waals surface area contributed by atoms with Crippen molar-refractivity contribution in [3.05, 3.63) is 29.3 Å². The first kappa shape index (κ1) is 15.6. The Morgan fingerprint density at radius 1 is 1.09 bits per heavy atom. The number of hydrogen-bond acceptors (Lipinski definition) is 4. The van der Waals surface area contributed by atoms with Crippen molar-refractivity contribution >= 4 is 23.2 Å². The van der Waals surface area contributed by atoms with Gasteiger partial charge in [0.15, 0.2) is 0 Å². The monoisotopic (exact) mass is 322 g/mol. The third kappa shape index (κ3) is 3.91. The van der Waals surface area contributed by atoms with Gasteiger partial charge in [-0.15, -0.1) is 0 Å². The smallest absolute Gasteiger partial charge is 0.236 e. The maximum absolute atomic E-state index is 12.4. The Morgan fingerprint density at radius 3 is 2.50 bits per heavy atom. The van der Waals surface area contributed by atoms with E-state index in [9.17, 15) is 4.79 Å². The van der Waals surface area contributed by atoms with Crippen LogP contribution in [0.25, 0.3) is 0 Å². The number of benzene rings is 1. The van der Waals surface area contributed by atoms with Crippen LogP contribution in [0.1, 0.15) is 0 Å². The highest BCUT2D eigenvalue weighted by molar-refractivity contribution is 6.30. The van der Waals surface area contributed by atoms with Crippen LogP contribution in [0.4, 0.5) is 5.69 Å². The van der Waals surface area contributed by atoms with Crippen LogP contribution in [0, 0.1) is 0 Å². The third-order valence-corrected chi connectivity index (χ3v) is 4.61. The molecule has 0 atom stereocenters. The van der Waals surface area contributed by atoms with E-state index in [0.29, 0.717) is 6.54 Å². The van der Waals surface area contributed by atoms with E-state index in [1.807, 2.05) is 23.1 Å². The molecular weight excluding hydrogens is 300 g/mol. The summed E-state index contributed by atoms with van der Waals surface area (Å²) in [6, 6.07) is 7.92. The van der Waals surface area contributed by atoms with E-state index < -0.39 is 0 Å². The van der Waals surface area contributed by atoms with E-state index in [1.165, 1.54) is 0 Å². The van der Waals surface area contributed by atoms with Crippen molar-refractivity contribution < 1.29 is 4.79 Å². The fourth-order valence-corrected chi connectivity index (χ4v) is 3.23. The van der Waals surface area contributed by atoms with E-state index >= 15 is 0 Å². The Morgan fingerprint density at radius 2 is 1.82 bits per heavy atom. The molecule has 0 aliphatic carbocycles. The molecule has 120 valence electrons. The van der Waals surface area contributed by atoms with E-state index in [1.54, 1.807) is 0 Å². The molecule has 1 amide bonds. The van der Waals surface area contributed by atoms with Crippen molar-refractivity contribution in [2.24, 2.45) is 0 Å². The van der Waals surface area contributed by atoms with Crippen molar-refractivity contribution in [2.75, 3.05) is 63.8 Å². The Balaban J connectivity index is 1.49. The van der Waals surface area contributed by atoms with E-state index in [0.717, 1.165) is 63.1 Å². The lowest BCUT2D eigenvalue weighted by Crippen LogP contribution is -2.53. The number of hydrogen-bond donors (Lipinski definition) is 1. The van der Waals surface area contributed by atoms with Gasteiger partial charge in [-0.3, -0.25) is 9.69 Å². The number of nitrogens with one attached hydrogen (secondary N) is 1. The molecule has 2 fully saturated rings. The number of anilines is 1. The molecule has 0 unspecified atom stereocenters. The van der Waals surface area contributed by atoms with Crippen LogP contribution in [0.5, 0.6) is 0 Å². The summed E-state index contributed by atoms with van der Waals surface area (Å²) in [6.45, 7) is 7.77. The van der Waals surface area contributed by atoms with Crippen LogP contribution in [0.3, 0.4) is 0 Å². The van der Waals surface area contributed by atoms with Crippen LogP contribution in [-0.2, 0) is 4.79 Å². The fraction of sp³-hybridized carbons (Fsp3) is 0.562. The van der Waals surface area contributed by atoms with Crippen LogP contribution < -0.4 is 10.2 Å². The number of nitrogens with zero attached hydrogens (tertiary/aromatic N) is 3. The van der Waals surface area contributed by atoms with Gasteiger partial charge >= 0.3 is 0 Å². The zero-order valence-corrected chi connectivity index (χ0v) is 13.6. The Kier molecular flexibility index (Phi) is 5.18. The zero-order valence-electron chi connectivity index (χ0n) is 12.8. The van der Waals surface area contributed by atoms with Crippen LogP contribution in [-0.4, -0.2) is 74.6 Å². The number of amides is 1. The number of carbonyl (C=O) groups is 1. The molecule has 2 heterocycles. The van der Waals surface area contributed by atoms with Gasteiger partial charge < -0.3 is 15.1 Å². The van der Waals surface area contributed by atoms with Gasteiger partial charge in [-0.25, -0.2) is 0 Å². The molecule has 0 spiro atoms. The Bertz CT molecular complexity index is 511. The average molecular weight is 323 g/mol. The summed E-state index contributed by atoms with van der Waals surface area (Å²) < 4.78 is 0. The van der Waals surface area contributed by atoms with Gasteiger partial charge in [0.05, 0.1) is 6.54 Å². The van der Waals surface area contributed by atoms with Crippen molar-refractivity contribution in [1.29, 1.82) is 0 Å². The Hall–Kier alpha value is -1.30. The summed E-state index contributed by atoms with van der Waals surface area (Å²) in [6.07, 6.45) is 0. The first-order chi connectivity index (χ1) is 10.7. The predicted molar refractivity (Wildman–Crippen MR) is 89.6 cm³/mol. The molecule has 22 heavy (non-hydrogen) atoms. The molecule has 0 saturated carbocycles. The van der Waals surface area contributed by atoms with Gasteiger partial charge in [0.2, 0.25) is 5.91 Å². The SMILES string of the molecule is O=C(CN1CCNCC1)N1CCN(c2cccc(Cl)c2)CC1. The lowest BCUT2D eigenvalue weighted by Gasteiger charge is -2.37.